The maximum atomic E-state index is 13.0. The minimum absolute atomic E-state index is 0.0783. The monoisotopic (exact) mass is 364 g/mol. The normalized spacial score (nSPS) is 12.8. The van der Waals surface area contributed by atoms with Gasteiger partial charge in [0.25, 0.3) is 0 Å². The van der Waals surface area contributed by atoms with Crippen LogP contribution in [-0.2, 0) is 29.2 Å². The van der Waals surface area contributed by atoms with Crippen LogP contribution in [0.2, 0.25) is 0 Å². The molecule has 0 atom stereocenters. The summed E-state index contributed by atoms with van der Waals surface area (Å²) >= 11 is 1.39. The Labute approximate surface area is 136 Å². The van der Waals surface area contributed by atoms with Crippen molar-refractivity contribution < 1.29 is 21.6 Å². The molecule has 0 aliphatic heterocycles. The summed E-state index contributed by atoms with van der Waals surface area (Å²) in [6, 6.07) is 4.16. The van der Waals surface area contributed by atoms with Gasteiger partial charge in [-0.15, -0.1) is 11.3 Å². The Morgan fingerprint density at radius 1 is 1.26 bits per heavy atom. The molecule has 0 saturated heterocycles. The van der Waals surface area contributed by atoms with E-state index in [1.54, 1.807) is 5.38 Å². The molecule has 0 unspecified atom stereocenters. The van der Waals surface area contributed by atoms with Gasteiger partial charge in [0.2, 0.25) is 10.0 Å². The Morgan fingerprint density at radius 2 is 1.91 bits per heavy atom. The van der Waals surface area contributed by atoms with E-state index in [0.717, 1.165) is 33.9 Å². The zero-order chi connectivity index (χ0) is 17.3. The van der Waals surface area contributed by atoms with Gasteiger partial charge in [0, 0.05) is 12.4 Å². The van der Waals surface area contributed by atoms with E-state index in [2.05, 4.69) is 4.98 Å². The summed E-state index contributed by atoms with van der Waals surface area (Å²) in [5.74, 6) is 0. The van der Waals surface area contributed by atoms with Crippen molar-refractivity contribution in [2.45, 2.75) is 31.0 Å². The number of nitrogens with zero attached hydrogens (tertiary/aromatic N) is 2. The van der Waals surface area contributed by atoms with Crippen LogP contribution in [0.1, 0.15) is 23.2 Å². The van der Waals surface area contributed by atoms with Crippen LogP contribution in [0.15, 0.2) is 34.5 Å². The Bertz CT molecular complexity index is 785. The van der Waals surface area contributed by atoms with Crippen molar-refractivity contribution in [1.29, 1.82) is 0 Å². The zero-order valence-electron chi connectivity index (χ0n) is 12.5. The summed E-state index contributed by atoms with van der Waals surface area (Å²) < 4.78 is 64.9. The Balaban J connectivity index is 2.34. The highest BCUT2D eigenvalue weighted by Crippen LogP contribution is 2.35. The van der Waals surface area contributed by atoms with Crippen molar-refractivity contribution in [3.63, 3.8) is 0 Å². The van der Waals surface area contributed by atoms with Crippen molar-refractivity contribution in [2.75, 3.05) is 7.05 Å². The minimum Gasteiger partial charge on any atom is -0.245 e. The highest BCUT2D eigenvalue weighted by molar-refractivity contribution is 7.89. The quantitative estimate of drug-likeness (QED) is 0.815. The van der Waals surface area contributed by atoms with E-state index >= 15 is 0 Å². The predicted octanol–water partition coefficient (Wildman–Crippen LogP) is 3.55. The molecule has 0 bridgehead atoms. The fourth-order valence-electron chi connectivity index (χ4n) is 1.99. The van der Waals surface area contributed by atoms with E-state index in [4.69, 9.17) is 0 Å². The van der Waals surface area contributed by atoms with Gasteiger partial charge in [-0.25, -0.2) is 13.4 Å². The van der Waals surface area contributed by atoms with Crippen LogP contribution in [0.3, 0.4) is 0 Å². The molecule has 0 aliphatic carbocycles. The van der Waals surface area contributed by atoms with Gasteiger partial charge in [0.05, 0.1) is 27.7 Å². The molecular weight excluding hydrogens is 349 g/mol. The van der Waals surface area contributed by atoms with E-state index in [-0.39, 0.29) is 6.54 Å². The van der Waals surface area contributed by atoms with E-state index < -0.39 is 26.7 Å². The number of sulfonamides is 1. The molecule has 0 N–H and O–H groups in total. The first-order chi connectivity index (χ1) is 10.7. The standard InChI is InChI=1S/C14H15F3N2O2S2/c1-3-13-18-10(9-22-13)8-19(2)23(20,21)12-7-5-4-6-11(12)14(15,16)17/h4-7,9H,3,8H2,1-2H3. The number of aromatic nitrogens is 1. The van der Waals surface area contributed by atoms with Gasteiger partial charge in [0.15, 0.2) is 0 Å². The summed E-state index contributed by atoms with van der Waals surface area (Å²) in [6.07, 6.45) is -4.02. The molecule has 1 heterocycles. The number of aryl methyl sites for hydroxylation is 1. The molecule has 0 amide bonds. The first-order valence-corrected chi connectivity index (χ1v) is 9.04. The van der Waals surface area contributed by atoms with E-state index in [1.165, 1.54) is 24.5 Å². The molecule has 0 saturated carbocycles. The summed E-state index contributed by atoms with van der Waals surface area (Å²) in [4.78, 5) is 3.49. The smallest absolute Gasteiger partial charge is 0.245 e. The summed E-state index contributed by atoms with van der Waals surface area (Å²) in [6.45, 7) is 1.84. The first-order valence-electron chi connectivity index (χ1n) is 6.72. The largest absolute Gasteiger partial charge is 0.417 e. The second-order valence-electron chi connectivity index (χ2n) is 4.84. The third-order valence-electron chi connectivity index (χ3n) is 3.17. The van der Waals surface area contributed by atoms with Crippen LogP contribution < -0.4 is 0 Å². The van der Waals surface area contributed by atoms with Gasteiger partial charge in [-0.3, -0.25) is 0 Å². The van der Waals surface area contributed by atoms with Crippen LogP contribution >= 0.6 is 11.3 Å². The molecule has 0 aliphatic rings. The highest BCUT2D eigenvalue weighted by atomic mass is 32.2. The number of hydrogen-bond acceptors (Lipinski definition) is 4. The van der Waals surface area contributed by atoms with Crippen LogP contribution in [0.25, 0.3) is 0 Å². The topological polar surface area (TPSA) is 50.3 Å². The van der Waals surface area contributed by atoms with Crippen molar-refractivity contribution in [1.82, 2.24) is 9.29 Å². The Kier molecular flexibility index (Phi) is 5.12. The second kappa shape index (κ2) is 6.58. The van der Waals surface area contributed by atoms with Crippen molar-refractivity contribution in [2.24, 2.45) is 0 Å². The van der Waals surface area contributed by atoms with Crippen LogP contribution in [0.4, 0.5) is 13.2 Å². The SMILES string of the molecule is CCc1nc(CN(C)S(=O)(=O)c2ccccc2C(F)(F)F)cs1. The van der Waals surface area contributed by atoms with E-state index in [0.29, 0.717) is 5.69 Å². The molecule has 9 heteroatoms. The van der Waals surface area contributed by atoms with Crippen molar-refractivity contribution in [3.8, 4) is 0 Å². The molecule has 126 valence electrons. The summed E-state index contributed by atoms with van der Waals surface area (Å²) in [5, 5.41) is 2.56. The average Bonchev–Trinajstić information content (AvgIpc) is 2.94. The molecule has 0 fully saturated rings. The van der Waals surface area contributed by atoms with E-state index in [1.807, 2.05) is 6.92 Å². The zero-order valence-corrected chi connectivity index (χ0v) is 14.1. The molecule has 1 aromatic carbocycles. The molecule has 2 aromatic rings. The van der Waals surface area contributed by atoms with Crippen LogP contribution in [0.5, 0.6) is 0 Å². The number of benzene rings is 1. The minimum atomic E-state index is -4.74. The molecule has 4 nitrogen and oxygen atoms in total. The molecule has 1 aromatic heterocycles. The number of hydrogen-bond donors (Lipinski definition) is 0. The van der Waals surface area contributed by atoms with Crippen molar-refractivity contribution in [3.05, 3.63) is 45.9 Å². The van der Waals surface area contributed by atoms with Gasteiger partial charge in [-0.2, -0.15) is 17.5 Å². The number of thiazole rings is 1. The second-order valence-corrected chi connectivity index (χ2v) is 7.80. The average molecular weight is 364 g/mol. The van der Waals surface area contributed by atoms with Gasteiger partial charge in [-0.05, 0) is 18.6 Å². The summed E-state index contributed by atoms with van der Waals surface area (Å²) in [5.41, 5.74) is -0.651. The lowest BCUT2D eigenvalue weighted by atomic mass is 10.2. The summed E-state index contributed by atoms with van der Waals surface area (Å²) in [7, 11) is -3.03. The molecule has 0 spiro atoms. The lowest BCUT2D eigenvalue weighted by molar-refractivity contribution is -0.139. The maximum Gasteiger partial charge on any atom is 0.417 e. The third-order valence-corrected chi connectivity index (χ3v) is 6.07. The first kappa shape index (κ1) is 17.9. The van der Waals surface area contributed by atoms with Gasteiger partial charge in [-0.1, -0.05) is 19.1 Å². The highest BCUT2D eigenvalue weighted by Gasteiger charge is 2.38. The lowest BCUT2D eigenvalue weighted by Gasteiger charge is -2.19. The fraction of sp³-hybridized carbons (Fsp3) is 0.357. The Hall–Kier alpha value is -1.45. The van der Waals surface area contributed by atoms with Crippen molar-refractivity contribution >= 4 is 21.4 Å². The lowest BCUT2D eigenvalue weighted by Crippen LogP contribution is -2.28. The van der Waals surface area contributed by atoms with E-state index in [9.17, 15) is 21.6 Å². The molecule has 0 radical (unpaired) electrons. The molecule has 2 rings (SSSR count). The van der Waals surface area contributed by atoms with Gasteiger partial charge < -0.3 is 0 Å². The van der Waals surface area contributed by atoms with Crippen LogP contribution in [0, 0.1) is 0 Å². The molecule has 23 heavy (non-hydrogen) atoms. The predicted molar refractivity (Wildman–Crippen MR) is 81.6 cm³/mol. The number of halogens is 3. The Morgan fingerprint density at radius 3 is 2.48 bits per heavy atom. The van der Waals surface area contributed by atoms with Crippen LogP contribution in [-0.4, -0.2) is 24.8 Å². The maximum absolute atomic E-state index is 13.0. The molecular formula is C14H15F3N2O2S2. The van der Waals surface area contributed by atoms with Gasteiger partial charge in [0.1, 0.15) is 0 Å². The number of rotatable bonds is 5. The van der Waals surface area contributed by atoms with Gasteiger partial charge >= 0.3 is 6.18 Å². The number of alkyl halides is 3. The third kappa shape index (κ3) is 3.91. The fourth-order valence-corrected chi connectivity index (χ4v) is 4.08.